The molecule has 27 heavy (non-hydrogen) atoms. The molecule has 2 aliphatic heterocycles. The number of aryl methyl sites for hydroxylation is 1. The Bertz CT molecular complexity index is 823. The molecular formula is C20H23N3O3S. The highest BCUT2D eigenvalue weighted by Crippen LogP contribution is 2.29. The molecule has 2 fully saturated rings. The van der Waals surface area contributed by atoms with Crippen LogP contribution in [0.3, 0.4) is 0 Å². The maximum Gasteiger partial charge on any atom is 0.410 e. The van der Waals surface area contributed by atoms with Gasteiger partial charge in [-0.25, -0.2) is 4.79 Å². The molecule has 2 amide bonds. The molecule has 0 bridgehead atoms. The zero-order valence-corrected chi connectivity index (χ0v) is 16.2. The molecule has 6 nitrogen and oxygen atoms in total. The lowest BCUT2D eigenvalue weighted by atomic mass is 10.2. The molecule has 0 spiro atoms. The minimum absolute atomic E-state index is 0.0312. The van der Waals surface area contributed by atoms with Gasteiger partial charge < -0.3 is 9.64 Å². The summed E-state index contributed by atoms with van der Waals surface area (Å²) in [6.45, 7) is 3.68. The molecule has 2 aliphatic rings. The Kier molecular flexibility index (Phi) is 5.11. The molecular weight excluding hydrogens is 362 g/mol. The number of hydrogen-bond donors (Lipinski definition) is 0. The number of thiophene rings is 1. The van der Waals surface area contributed by atoms with E-state index in [1.54, 1.807) is 22.4 Å². The molecule has 7 heteroatoms. The fourth-order valence-corrected chi connectivity index (χ4v) is 4.73. The highest BCUT2D eigenvalue weighted by molar-refractivity contribution is 7.10. The topological polar surface area (TPSA) is 62.7 Å². The van der Waals surface area contributed by atoms with Crippen LogP contribution < -0.4 is 0 Å². The lowest BCUT2D eigenvalue weighted by Crippen LogP contribution is -2.40. The van der Waals surface area contributed by atoms with Gasteiger partial charge in [0, 0.05) is 41.7 Å². The molecule has 4 heterocycles. The van der Waals surface area contributed by atoms with E-state index in [2.05, 4.69) is 11.9 Å². The number of nitrogens with zero attached hydrogens (tertiary/aromatic N) is 3. The van der Waals surface area contributed by atoms with Gasteiger partial charge in [0.25, 0.3) is 5.91 Å². The third-order valence-corrected chi connectivity index (χ3v) is 6.14. The van der Waals surface area contributed by atoms with E-state index < -0.39 is 0 Å². The van der Waals surface area contributed by atoms with Gasteiger partial charge in [-0.3, -0.25) is 14.7 Å². The van der Waals surface area contributed by atoms with Crippen LogP contribution in [0.25, 0.3) is 0 Å². The van der Waals surface area contributed by atoms with E-state index in [0.29, 0.717) is 26.1 Å². The van der Waals surface area contributed by atoms with Crippen molar-refractivity contribution in [1.29, 1.82) is 0 Å². The van der Waals surface area contributed by atoms with Crippen LogP contribution in [0.4, 0.5) is 4.79 Å². The molecule has 0 aliphatic carbocycles. The van der Waals surface area contributed by atoms with Crippen LogP contribution in [0, 0.1) is 0 Å². The van der Waals surface area contributed by atoms with Gasteiger partial charge in [0.15, 0.2) is 0 Å². The summed E-state index contributed by atoms with van der Waals surface area (Å²) in [6, 6.07) is 7.69. The fourth-order valence-electron chi connectivity index (χ4n) is 3.76. The van der Waals surface area contributed by atoms with Crippen molar-refractivity contribution in [2.75, 3.05) is 19.6 Å². The lowest BCUT2D eigenvalue weighted by Gasteiger charge is -2.22. The first-order valence-corrected chi connectivity index (χ1v) is 10.3. The minimum Gasteiger partial charge on any atom is -0.442 e. The number of fused-ring (bicyclic) bond motifs is 1. The van der Waals surface area contributed by atoms with Crippen molar-refractivity contribution >= 4 is 23.3 Å². The van der Waals surface area contributed by atoms with E-state index in [1.165, 1.54) is 4.88 Å². The second-order valence-corrected chi connectivity index (χ2v) is 8.01. The summed E-state index contributed by atoms with van der Waals surface area (Å²) in [5.74, 6) is 0.0312. The van der Waals surface area contributed by atoms with Crippen LogP contribution in [0.5, 0.6) is 0 Å². The third kappa shape index (κ3) is 3.69. The van der Waals surface area contributed by atoms with Gasteiger partial charge in [-0.1, -0.05) is 19.4 Å². The van der Waals surface area contributed by atoms with E-state index >= 15 is 0 Å². The normalized spacial score (nSPS) is 21.4. The molecule has 142 valence electrons. The van der Waals surface area contributed by atoms with Crippen LogP contribution >= 0.6 is 11.3 Å². The van der Waals surface area contributed by atoms with Gasteiger partial charge in [0.1, 0.15) is 6.10 Å². The first kappa shape index (κ1) is 18.0. The quantitative estimate of drug-likeness (QED) is 0.767. The Morgan fingerprint density at radius 3 is 3.00 bits per heavy atom. The fraction of sp³-hybridized carbons (Fsp3) is 0.450. The van der Waals surface area contributed by atoms with Gasteiger partial charge in [0.2, 0.25) is 0 Å². The van der Waals surface area contributed by atoms with Crippen LogP contribution in [-0.2, 0) is 17.6 Å². The van der Waals surface area contributed by atoms with E-state index in [4.69, 9.17) is 4.74 Å². The predicted octanol–water partition coefficient (Wildman–Crippen LogP) is 2.98. The molecule has 0 saturated carbocycles. The lowest BCUT2D eigenvalue weighted by molar-refractivity contribution is 0.0728. The number of likely N-dealkylation sites (tertiary alicyclic amines) is 1. The molecule has 2 aromatic heterocycles. The van der Waals surface area contributed by atoms with E-state index in [9.17, 15) is 9.59 Å². The minimum atomic E-state index is -0.284. The van der Waals surface area contributed by atoms with Crippen molar-refractivity contribution in [1.82, 2.24) is 14.8 Å². The van der Waals surface area contributed by atoms with E-state index in [0.717, 1.165) is 24.1 Å². The third-order valence-electron chi connectivity index (χ3n) is 5.14. The molecule has 0 unspecified atom stereocenters. The van der Waals surface area contributed by atoms with Gasteiger partial charge in [0.05, 0.1) is 18.2 Å². The average Bonchev–Trinajstić information content (AvgIpc) is 3.36. The van der Waals surface area contributed by atoms with Gasteiger partial charge >= 0.3 is 6.09 Å². The average molecular weight is 385 g/mol. The first-order valence-electron chi connectivity index (χ1n) is 9.39. The second kappa shape index (κ2) is 7.68. The van der Waals surface area contributed by atoms with Crippen molar-refractivity contribution in [3.63, 3.8) is 0 Å². The molecule has 2 atom stereocenters. The number of amides is 2. The Hall–Kier alpha value is -2.41. The summed E-state index contributed by atoms with van der Waals surface area (Å²) >= 11 is 1.64. The summed E-state index contributed by atoms with van der Waals surface area (Å²) in [6.07, 6.45) is 3.99. The number of ether oxygens (including phenoxy) is 1. The molecule has 0 N–H and O–H groups in total. The van der Waals surface area contributed by atoms with Gasteiger partial charge in [-0.05, 0) is 24.6 Å². The van der Waals surface area contributed by atoms with E-state index in [1.807, 2.05) is 34.5 Å². The van der Waals surface area contributed by atoms with Crippen LogP contribution in [0.15, 0.2) is 35.8 Å². The van der Waals surface area contributed by atoms with Crippen molar-refractivity contribution < 1.29 is 14.3 Å². The summed E-state index contributed by atoms with van der Waals surface area (Å²) in [5, 5.41) is 1.94. The van der Waals surface area contributed by atoms with Crippen LogP contribution in [0.1, 0.15) is 34.3 Å². The molecule has 2 saturated heterocycles. The van der Waals surface area contributed by atoms with Crippen molar-refractivity contribution in [2.24, 2.45) is 0 Å². The van der Waals surface area contributed by atoms with Gasteiger partial charge in [-0.2, -0.15) is 0 Å². The standard InChI is InChI=1S/C20H23N3O3S/c1-2-5-16-10-14(13-27-16)19(24)22-11-17-18(12-22)26-20(25)23(17)9-7-15-6-3-4-8-21-15/h3-4,6,8,10,13,17-18H,2,5,7,9,11-12H2,1H3/t17-,18+/m1/s1. The first-order chi connectivity index (χ1) is 13.2. The Morgan fingerprint density at radius 1 is 1.33 bits per heavy atom. The Balaban J connectivity index is 1.39. The monoisotopic (exact) mass is 385 g/mol. The van der Waals surface area contributed by atoms with E-state index in [-0.39, 0.29) is 24.1 Å². The maximum atomic E-state index is 12.8. The number of hydrogen-bond acceptors (Lipinski definition) is 5. The maximum absolute atomic E-state index is 12.8. The molecule has 2 aromatic rings. The molecule has 4 rings (SSSR count). The largest absolute Gasteiger partial charge is 0.442 e. The number of carbonyl (C=O) groups is 2. The SMILES string of the molecule is CCCc1cc(C(=O)N2C[C@@H]3OC(=O)N(CCc4ccccn4)[C@@H]3C2)cs1. The Morgan fingerprint density at radius 2 is 2.22 bits per heavy atom. The van der Waals surface area contributed by atoms with Crippen LogP contribution in [0.2, 0.25) is 0 Å². The van der Waals surface area contributed by atoms with Crippen molar-refractivity contribution in [3.8, 4) is 0 Å². The summed E-state index contributed by atoms with van der Waals surface area (Å²) in [7, 11) is 0. The van der Waals surface area contributed by atoms with Gasteiger partial charge in [-0.15, -0.1) is 11.3 Å². The zero-order chi connectivity index (χ0) is 18.8. The number of pyridine rings is 1. The number of rotatable bonds is 6. The molecule has 0 radical (unpaired) electrons. The van der Waals surface area contributed by atoms with Crippen molar-refractivity contribution in [2.45, 2.75) is 38.3 Å². The van der Waals surface area contributed by atoms with Crippen LogP contribution in [-0.4, -0.2) is 58.6 Å². The predicted molar refractivity (Wildman–Crippen MR) is 103 cm³/mol. The molecule has 0 aromatic carbocycles. The summed E-state index contributed by atoms with van der Waals surface area (Å²) < 4.78 is 5.52. The zero-order valence-electron chi connectivity index (χ0n) is 15.3. The number of aromatic nitrogens is 1. The summed E-state index contributed by atoms with van der Waals surface area (Å²) in [4.78, 5) is 34.2. The Labute approximate surface area is 162 Å². The highest BCUT2D eigenvalue weighted by atomic mass is 32.1. The van der Waals surface area contributed by atoms with Crippen molar-refractivity contribution in [3.05, 3.63) is 52.0 Å². The second-order valence-electron chi connectivity index (χ2n) is 7.02. The summed E-state index contributed by atoms with van der Waals surface area (Å²) in [5.41, 5.74) is 1.69. The highest BCUT2D eigenvalue weighted by Gasteiger charge is 2.48. The number of carbonyl (C=O) groups excluding carboxylic acids is 2. The smallest absolute Gasteiger partial charge is 0.410 e.